The first-order chi connectivity index (χ1) is 7.97. The molecule has 0 spiro atoms. The zero-order valence-electron chi connectivity index (χ0n) is 11.8. The van der Waals surface area contributed by atoms with Gasteiger partial charge in [-0.1, -0.05) is 13.8 Å². The van der Waals surface area contributed by atoms with Gasteiger partial charge in [0.15, 0.2) is 0 Å². The predicted molar refractivity (Wildman–Crippen MR) is 70.4 cm³/mol. The average molecular weight is 244 g/mol. The first-order valence-corrected chi connectivity index (χ1v) is 6.52. The van der Waals surface area contributed by atoms with Gasteiger partial charge in [0, 0.05) is 39.9 Å². The first-order valence-electron chi connectivity index (χ1n) is 6.52. The van der Waals surface area contributed by atoms with Crippen molar-refractivity contribution in [1.29, 1.82) is 0 Å². The largest absolute Gasteiger partial charge is 0.385 e. The third-order valence-corrected chi connectivity index (χ3v) is 3.31. The molecule has 17 heavy (non-hydrogen) atoms. The molecule has 0 aromatic heterocycles. The molecule has 1 aliphatic rings. The highest BCUT2D eigenvalue weighted by atomic mass is 16.5. The summed E-state index contributed by atoms with van der Waals surface area (Å²) in [5.41, 5.74) is 0.366. The van der Waals surface area contributed by atoms with Crippen molar-refractivity contribution in [3.05, 3.63) is 0 Å². The molecule has 1 rings (SSSR count). The summed E-state index contributed by atoms with van der Waals surface area (Å²) in [6.07, 6.45) is 1.08. The van der Waals surface area contributed by atoms with E-state index in [1.165, 1.54) is 0 Å². The van der Waals surface area contributed by atoms with Crippen LogP contribution in [-0.2, 0) is 9.47 Å². The summed E-state index contributed by atoms with van der Waals surface area (Å²) < 4.78 is 10.9. The third kappa shape index (κ3) is 5.82. The number of rotatable bonds is 9. The van der Waals surface area contributed by atoms with Gasteiger partial charge in [-0.15, -0.1) is 0 Å². The van der Waals surface area contributed by atoms with E-state index in [0.29, 0.717) is 0 Å². The number of nitrogens with one attached hydrogen (secondary N) is 2. The minimum Gasteiger partial charge on any atom is -0.385 e. The molecular weight excluding hydrogens is 216 g/mol. The van der Waals surface area contributed by atoms with Gasteiger partial charge in [-0.25, -0.2) is 0 Å². The maximum Gasteiger partial charge on any atom is 0.0902 e. The van der Waals surface area contributed by atoms with Gasteiger partial charge < -0.3 is 20.1 Å². The van der Waals surface area contributed by atoms with Crippen molar-refractivity contribution in [1.82, 2.24) is 10.6 Å². The third-order valence-electron chi connectivity index (χ3n) is 3.31. The summed E-state index contributed by atoms with van der Waals surface area (Å²) in [5.74, 6) is 0. The lowest BCUT2D eigenvalue weighted by Gasteiger charge is -2.39. The second kappa shape index (κ2) is 6.69. The van der Waals surface area contributed by atoms with Crippen molar-refractivity contribution in [2.45, 2.75) is 32.8 Å². The molecule has 1 aliphatic heterocycles. The predicted octanol–water partition coefficient (Wildman–Crippen LogP) is 1.02. The monoisotopic (exact) mass is 244 g/mol. The molecule has 0 aromatic carbocycles. The summed E-state index contributed by atoms with van der Waals surface area (Å²) >= 11 is 0. The molecule has 102 valence electrons. The fourth-order valence-electron chi connectivity index (χ4n) is 1.84. The van der Waals surface area contributed by atoms with Gasteiger partial charge in [0.2, 0.25) is 0 Å². The molecular formula is C13H28N2O2. The molecule has 0 saturated carbocycles. The van der Waals surface area contributed by atoms with Gasteiger partial charge in [0.25, 0.3) is 0 Å². The fraction of sp³-hybridized carbons (Fsp3) is 1.00. The number of hydrogen-bond donors (Lipinski definition) is 2. The van der Waals surface area contributed by atoms with Gasteiger partial charge in [0.05, 0.1) is 12.2 Å². The van der Waals surface area contributed by atoms with Crippen LogP contribution in [-0.4, -0.2) is 52.1 Å². The molecule has 0 atom stereocenters. The van der Waals surface area contributed by atoms with Gasteiger partial charge in [-0.2, -0.15) is 0 Å². The Labute approximate surface area is 105 Å². The molecule has 4 nitrogen and oxygen atoms in total. The Morgan fingerprint density at radius 1 is 1.29 bits per heavy atom. The molecule has 1 heterocycles. The number of methoxy groups -OCH3 is 1. The van der Waals surface area contributed by atoms with Crippen LogP contribution in [0.2, 0.25) is 0 Å². The van der Waals surface area contributed by atoms with Gasteiger partial charge >= 0.3 is 0 Å². The molecule has 2 N–H and O–H groups in total. The Hall–Kier alpha value is -0.160. The highest BCUT2D eigenvalue weighted by Crippen LogP contribution is 2.18. The Balaban J connectivity index is 1.99. The lowest BCUT2D eigenvalue weighted by molar-refractivity contribution is -0.0651. The summed E-state index contributed by atoms with van der Waals surface area (Å²) in [4.78, 5) is 0. The van der Waals surface area contributed by atoms with Crippen LogP contribution in [0.1, 0.15) is 27.2 Å². The van der Waals surface area contributed by atoms with Crippen molar-refractivity contribution >= 4 is 0 Å². The fourth-order valence-corrected chi connectivity index (χ4v) is 1.84. The summed E-state index contributed by atoms with van der Waals surface area (Å²) in [6.45, 7) is 12.2. The topological polar surface area (TPSA) is 42.5 Å². The van der Waals surface area contributed by atoms with Crippen molar-refractivity contribution in [2.24, 2.45) is 5.41 Å². The van der Waals surface area contributed by atoms with Crippen LogP contribution in [0.5, 0.6) is 0 Å². The molecule has 0 amide bonds. The van der Waals surface area contributed by atoms with E-state index in [1.54, 1.807) is 7.11 Å². The molecule has 0 aromatic rings. The van der Waals surface area contributed by atoms with Crippen LogP contribution in [0, 0.1) is 5.41 Å². The zero-order chi connectivity index (χ0) is 12.8. The lowest BCUT2D eigenvalue weighted by atomic mass is 9.90. The lowest BCUT2D eigenvalue weighted by Crippen LogP contribution is -2.59. The van der Waals surface area contributed by atoms with Crippen LogP contribution in [0.25, 0.3) is 0 Å². The smallest absolute Gasteiger partial charge is 0.0902 e. The first kappa shape index (κ1) is 14.9. The van der Waals surface area contributed by atoms with E-state index in [9.17, 15) is 0 Å². The molecule has 0 unspecified atom stereocenters. The van der Waals surface area contributed by atoms with E-state index in [-0.39, 0.29) is 11.0 Å². The molecule has 1 fully saturated rings. The average Bonchev–Trinajstić information content (AvgIpc) is 2.23. The maximum atomic E-state index is 5.81. The van der Waals surface area contributed by atoms with E-state index in [4.69, 9.17) is 9.47 Å². The van der Waals surface area contributed by atoms with Gasteiger partial charge in [0.1, 0.15) is 0 Å². The standard InChI is InChI=1S/C13H28N2O2/c1-12(2,5-7-16-4)9-14-6-8-17-13(3)10-15-11-13/h14-15H,5-11H2,1-4H3. The highest BCUT2D eigenvalue weighted by Gasteiger charge is 2.32. The summed E-state index contributed by atoms with van der Waals surface area (Å²) in [7, 11) is 1.75. The quantitative estimate of drug-likeness (QED) is 0.594. The number of ether oxygens (including phenoxy) is 2. The van der Waals surface area contributed by atoms with Crippen molar-refractivity contribution in [3.63, 3.8) is 0 Å². The minimum atomic E-state index is 0.0766. The molecule has 0 radical (unpaired) electrons. The normalized spacial score (nSPS) is 19.1. The summed E-state index contributed by atoms with van der Waals surface area (Å²) in [6, 6.07) is 0. The number of hydrogen-bond acceptors (Lipinski definition) is 4. The second-order valence-electron chi connectivity index (χ2n) is 5.99. The SMILES string of the molecule is COCCC(C)(C)CNCCOC1(C)CNC1. The van der Waals surface area contributed by atoms with Crippen LogP contribution in [0.3, 0.4) is 0 Å². The second-order valence-corrected chi connectivity index (χ2v) is 5.99. The molecule has 1 saturated heterocycles. The van der Waals surface area contributed by atoms with Crippen LogP contribution >= 0.6 is 0 Å². The van der Waals surface area contributed by atoms with Gasteiger partial charge in [-0.05, 0) is 18.8 Å². The Bertz CT molecular complexity index is 215. The maximum absolute atomic E-state index is 5.81. The molecule has 4 heteroatoms. The van der Waals surface area contributed by atoms with Crippen LogP contribution < -0.4 is 10.6 Å². The van der Waals surface area contributed by atoms with E-state index in [1.807, 2.05) is 0 Å². The van der Waals surface area contributed by atoms with E-state index in [2.05, 4.69) is 31.4 Å². The van der Waals surface area contributed by atoms with E-state index < -0.39 is 0 Å². The molecule has 0 aliphatic carbocycles. The van der Waals surface area contributed by atoms with Crippen molar-refractivity contribution < 1.29 is 9.47 Å². The van der Waals surface area contributed by atoms with E-state index >= 15 is 0 Å². The van der Waals surface area contributed by atoms with Crippen molar-refractivity contribution in [3.8, 4) is 0 Å². The molecule has 0 bridgehead atoms. The zero-order valence-corrected chi connectivity index (χ0v) is 11.8. The Morgan fingerprint density at radius 2 is 2.00 bits per heavy atom. The Morgan fingerprint density at radius 3 is 2.53 bits per heavy atom. The van der Waals surface area contributed by atoms with Gasteiger partial charge in [-0.3, -0.25) is 0 Å². The van der Waals surface area contributed by atoms with Crippen molar-refractivity contribution in [2.75, 3.05) is 46.5 Å². The minimum absolute atomic E-state index is 0.0766. The van der Waals surface area contributed by atoms with Crippen LogP contribution in [0.15, 0.2) is 0 Å². The highest BCUT2D eigenvalue weighted by molar-refractivity contribution is 4.90. The Kier molecular flexibility index (Phi) is 5.86. The van der Waals surface area contributed by atoms with E-state index in [0.717, 1.165) is 45.8 Å². The van der Waals surface area contributed by atoms with Crippen LogP contribution in [0.4, 0.5) is 0 Å². The summed E-state index contributed by atoms with van der Waals surface area (Å²) in [5, 5.41) is 6.69.